The molecule has 0 saturated carbocycles. The van der Waals surface area contributed by atoms with E-state index < -0.39 is 0 Å². The van der Waals surface area contributed by atoms with E-state index >= 15 is 0 Å². The number of imide groups is 1. The Labute approximate surface area is 187 Å². The summed E-state index contributed by atoms with van der Waals surface area (Å²) in [4.78, 5) is 28.1. The predicted molar refractivity (Wildman–Crippen MR) is 127 cm³/mol. The van der Waals surface area contributed by atoms with E-state index in [0.717, 1.165) is 60.3 Å². The normalized spacial score (nSPS) is 18.4. The maximum absolute atomic E-state index is 13.0. The standard InChI is InChI=1S/C26H28N4O2/c1-3-29(2)15-17-13-14-21-22(19-11-7-8-12-20(19)30(21)16-17)23-24(26(32)28-25(23)31)27-18-9-5-4-6-10-18/h4-12,17H,3,13-16H2,1-2H3,(H2,27,28,31,32)/t17-/m1/s1. The Bertz CT molecular complexity index is 1230. The van der Waals surface area contributed by atoms with E-state index in [2.05, 4.69) is 46.2 Å². The van der Waals surface area contributed by atoms with E-state index in [-0.39, 0.29) is 11.8 Å². The molecule has 3 aromatic rings. The Morgan fingerprint density at radius 3 is 2.59 bits per heavy atom. The summed E-state index contributed by atoms with van der Waals surface area (Å²) in [5.41, 5.74) is 4.73. The summed E-state index contributed by atoms with van der Waals surface area (Å²) < 4.78 is 2.37. The first-order chi connectivity index (χ1) is 15.6. The summed E-state index contributed by atoms with van der Waals surface area (Å²) >= 11 is 0. The monoisotopic (exact) mass is 428 g/mol. The molecule has 164 valence electrons. The maximum Gasteiger partial charge on any atom is 0.275 e. The number of para-hydroxylation sites is 2. The van der Waals surface area contributed by atoms with Crippen molar-refractivity contribution in [2.24, 2.45) is 5.92 Å². The molecule has 0 spiro atoms. The van der Waals surface area contributed by atoms with Crippen molar-refractivity contribution in [3.63, 3.8) is 0 Å². The van der Waals surface area contributed by atoms with Crippen LogP contribution in [-0.4, -0.2) is 41.4 Å². The number of rotatable bonds is 6. The van der Waals surface area contributed by atoms with Crippen molar-refractivity contribution in [2.75, 3.05) is 25.5 Å². The molecule has 2 aromatic carbocycles. The van der Waals surface area contributed by atoms with Crippen molar-refractivity contribution in [3.8, 4) is 0 Å². The highest BCUT2D eigenvalue weighted by atomic mass is 16.2. The highest BCUT2D eigenvalue weighted by molar-refractivity contribution is 6.38. The van der Waals surface area contributed by atoms with Gasteiger partial charge in [-0.1, -0.05) is 43.3 Å². The highest BCUT2D eigenvalue weighted by Gasteiger charge is 2.36. The maximum atomic E-state index is 13.0. The van der Waals surface area contributed by atoms with Crippen LogP contribution < -0.4 is 10.6 Å². The first kappa shape index (κ1) is 20.5. The van der Waals surface area contributed by atoms with Gasteiger partial charge in [0.05, 0.1) is 5.57 Å². The molecule has 2 aliphatic heterocycles. The van der Waals surface area contributed by atoms with Gasteiger partial charge in [0.25, 0.3) is 11.8 Å². The number of aromatic nitrogens is 1. The number of nitrogens with zero attached hydrogens (tertiary/aromatic N) is 2. The van der Waals surface area contributed by atoms with E-state index in [1.54, 1.807) is 0 Å². The molecule has 0 saturated heterocycles. The van der Waals surface area contributed by atoms with Crippen LogP contribution >= 0.6 is 0 Å². The molecule has 6 nitrogen and oxygen atoms in total. The van der Waals surface area contributed by atoms with Crippen molar-refractivity contribution in [1.29, 1.82) is 0 Å². The van der Waals surface area contributed by atoms with E-state index in [0.29, 0.717) is 17.2 Å². The summed E-state index contributed by atoms with van der Waals surface area (Å²) in [5, 5.41) is 6.74. The van der Waals surface area contributed by atoms with Gasteiger partial charge in [0.2, 0.25) is 0 Å². The Morgan fingerprint density at radius 1 is 1.06 bits per heavy atom. The van der Waals surface area contributed by atoms with Gasteiger partial charge in [0.15, 0.2) is 0 Å². The number of benzene rings is 2. The second-order valence-corrected chi connectivity index (χ2v) is 8.73. The Balaban J connectivity index is 1.64. The molecule has 3 heterocycles. The van der Waals surface area contributed by atoms with Crippen LogP contribution in [0.25, 0.3) is 16.5 Å². The van der Waals surface area contributed by atoms with Crippen LogP contribution in [0.4, 0.5) is 5.69 Å². The van der Waals surface area contributed by atoms with Crippen LogP contribution in [0.5, 0.6) is 0 Å². The Kier molecular flexibility index (Phi) is 5.31. The van der Waals surface area contributed by atoms with Crippen LogP contribution in [0.2, 0.25) is 0 Å². The van der Waals surface area contributed by atoms with E-state index in [9.17, 15) is 9.59 Å². The molecule has 0 aliphatic carbocycles. The van der Waals surface area contributed by atoms with Crippen molar-refractivity contribution in [3.05, 3.63) is 71.6 Å². The zero-order valence-corrected chi connectivity index (χ0v) is 18.5. The minimum atomic E-state index is -0.379. The average molecular weight is 429 g/mol. The van der Waals surface area contributed by atoms with Gasteiger partial charge in [-0.15, -0.1) is 0 Å². The minimum Gasteiger partial charge on any atom is -0.350 e. The zero-order valence-electron chi connectivity index (χ0n) is 18.5. The van der Waals surface area contributed by atoms with Crippen molar-refractivity contribution < 1.29 is 9.59 Å². The van der Waals surface area contributed by atoms with Crippen LogP contribution in [0, 0.1) is 5.92 Å². The first-order valence-electron chi connectivity index (χ1n) is 11.3. The number of anilines is 1. The largest absolute Gasteiger partial charge is 0.350 e. The zero-order chi connectivity index (χ0) is 22.2. The second-order valence-electron chi connectivity index (χ2n) is 8.73. The average Bonchev–Trinajstić information content (AvgIpc) is 3.27. The summed E-state index contributed by atoms with van der Waals surface area (Å²) in [5.74, 6) is -0.150. The SMILES string of the molecule is CCN(C)C[C@H]1CCc2c(C3=C(Nc4ccccc4)C(=O)NC3=O)c3ccccc3n2C1. The number of hydrogen-bond donors (Lipinski definition) is 2. The van der Waals surface area contributed by atoms with Gasteiger partial charge in [0, 0.05) is 40.9 Å². The molecular formula is C26H28N4O2. The second kappa shape index (κ2) is 8.28. The van der Waals surface area contributed by atoms with Crippen molar-refractivity contribution in [2.45, 2.75) is 26.3 Å². The van der Waals surface area contributed by atoms with Gasteiger partial charge in [-0.2, -0.15) is 0 Å². The lowest BCUT2D eigenvalue weighted by Gasteiger charge is -2.29. The molecule has 1 aromatic heterocycles. The number of nitrogens with one attached hydrogen (secondary N) is 2. The Hall–Kier alpha value is -3.38. The van der Waals surface area contributed by atoms with Gasteiger partial charge in [-0.25, -0.2) is 0 Å². The smallest absolute Gasteiger partial charge is 0.275 e. The molecule has 1 atom stereocenters. The van der Waals surface area contributed by atoms with Gasteiger partial charge in [-0.05, 0) is 50.6 Å². The molecular weight excluding hydrogens is 400 g/mol. The topological polar surface area (TPSA) is 66.4 Å². The molecule has 32 heavy (non-hydrogen) atoms. The van der Waals surface area contributed by atoms with Gasteiger partial charge in [0.1, 0.15) is 5.70 Å². The quantitative estimate of drug-likeness (QED) is 0.589. The number of hydrogen-bond acceptors (Lipinski definition) is 4. The molecule has 5 rings (SSSR count). The summed E-state index contributed by atoms with van der Waals surface area (Å²) in [6.07, 6.45) is 1.95. The third kappa shape index (κ3) is 3.50. The number of carbonyl (C=O) groups excluding carboxylic acids is 2. The molecule has 0 unspecified atom stereocenters. The lowest BCUT2D eigenvalue weighted by molar-refractivity contribution is -0.123. The van der Waals surface area contributed by atoms with Gasteiger partial charge >= 0.3 is 0 Å². The first-order valence-corrected chi connectivity index (χ1v) is 11.3. The van der Waals surface area contributed by atoms with Crippen LogP contribution in [0.1, 0.15) is 24.6 Å². The summed E-state index contributed by atoms with van der Waals surface area (Å²) in [6, 6.07) is 17.7. The molecule has 6 heteroatoms. The lowest BCUT2D eigenvalue weighted by Crippen LogP contribution is -2.31. The molecule has 0 fully saturated rings. The van der Waals surface area contributed by atoms with Crippen molar-refractivity contribution in [1.82, 2.24) is 14.8 Å². The summed E-state index contributed by atoms with van der Waals surface area (Å²) in [6.45, 7) is 5.19. The van der Waals surface area contributed by atoms with Gasteiger partial charge < -0.3 is 14.8 Å². The molecule has 2 amide bonds. The highest BCUT2D eigenvalue weighted by Crippen LogP contribution is 2.39. The van der Waals surface area contributed by atoms with Gasteiger partial charge in [-0.3, -0.25) is 14.9 Å². The van der Waals surface area contributed by atoms with Crippen LogP contribution in [-0.2, 0) is 22.6 Å². The third-order valence-electron chi connectivity index (χ3n) is 6.64. The van der Waals surface area contributed by atoms with Crippen LogP contribution in [0.3, 0.4) is 0 Å². The van der Waals surface area contributed by atoms with E-state index in [4.69, 9.17) is 0 Å². The fourth-order valence-corrected chi connectivity index (χ4v) is 4.99. The molecule has 0 bridgehead atoms. The fourth-order valence-electron chi connectivity index (χ4n) is 4.99. The molecule has 2 N–H and O–H groups in total. The lowest BCUT2D eigenvalue weighted by atomic mass is 9.93. The number of fused-ring (bicyclic) bond motifs is 3. The fraction of sp³-hybridized carbons (Fsp3) is 0.308. The molecule has 2 aliphatic rings. The van der Waals surface area contributed by atoms with E-state index in [1.165, 1.54) is 0 Å². The Morgan fingerprint density at radius 2 is 1.81 bits per heavy atom. The summed E-state index contributed by atoms with van der Waals surface area (Å²) in [7, 11) is 2.16. The van der Waals surface area contributed by atoms with Crippen LogP contribution in [0.15, 0.2) is 60.3 Å². The molecule has 0 radical (unpaired) electrons. The minimum absolute atomic E-state index is 0.327. The predicted octanol–water partition coefficient (Wildman–Crippen LogP) is 3.64. The number of amides is 2. The number of carbonyl (C=O) groups is 2. The van der Waals surface area contributed by atoms with Crippen molar-refractivity contribution >= 4 is 34.0 Å². The third-order valence-corrected chi connectivity index (χ3v) is 6.64. The van der Waals surface area contributed by atoms with E-state index in [1.807, 2.05) is 42.5 Å².